The Morgan fingerprint density at radius 2 is 1.69 bits per heavy atom. The molecular weight excluding hydrogens is 439 g/mol. The van der Waals surface area contributed by atoms with E-state index < -0.39 is 0 Å². The number of hydrogen-bond acceptors (Lipinski definition) is 4. The van der Waals surface area contributed by atoms with E-state index in [1.807, 2.05) is 72.8 Å². The molecule has 0 fully saturated rings. The fourth-order valence-corrected chi connectivity index (χ4v) is 3.16. The van der Waals surface area contributed by atoms with Gasteiger partial charge in [0.25, 0.3) is 0 Å². The third-order valence-electron chi connectivity index (χ3n) is 3.66. The highest BCUT2D eigenvalue weighted by molar-refractivity contribution is 14.1. The summed E-state index contributed by atoms with van der Waals surface area (Å²) in [7, 11) is 1.64. The zero-order chi connectivity index (χ0) is 18.2. The fraction of sp³-hybridized carbons (Fsp3) is 0.0952. The molecule has 0 aliphatic carbocycles. The molecular formula is C21H19IN2O2. The highest BCUT2D eigenvalue weighted by atomic mass is 127. The number of hydrazone groups is 1. The van der Waals surface area contributed by atoms with Crippen molar-refractivity contribution in [3.05, 3.63) is 87.5 Å². The molecule has 26 heavy (non-hydrogen) atoms. The lowest BCUT2D eigenvalue weighted by Gasteiger charge is -2.13. The van der Waals surface area contributed by atoms with Gasteiger partial charge in [0.05, 0.1) is 22.6 Å². The van der Waals surface area contributed by atoms with Crippen molar-refractivity contribution in [1.29, 1.82) is 0 Å². The van der Waals surface area contributed by atoms with E-state index in [4.69, 9.17) is 9.47 Å². The van der Waals surface area contributed by atoms with Crippen LogP contribution in [0.2, 0.25) is 0 Å². The third-order valence-corrected chi connectivity index (χ3v) is 4.46. The zero-order valence-electron chi connectivity index (χ0n) is 14.4. The van der Waals surface area contributed by atoms with Gasteiger partial charge < -0.3 is 9.47 Å². The lowest BCUT2D eigenvalue weighted by Crippen LogP contribution is -2.01. The van der Waals surface area contributed by atoms with Crippen LogP contribution in [0.5, 0.6) is 11.5 Å². The average molecular weight is 458 g/mol. The lowest BCUT2D eigenvalue weighted by atomic mass is 10.2. The van der Waals surface area contributed by atoms with Gasteiger partial charge >= 0.3 is 0 Å². The smallest absolute Gasteiger partial charge is 0.174 e. The van der Waals surface area contributed by atoms with E-state index in [2.05, 4.69) is 33.1 Å². The molecule has 4 nitrogen and oxygen atoms in total. The summed E-state index contributed by atoms with van der Waals surface area (Å²) >= 11 is 2.25. The van der Waals surface area contributed by atoms with Crippen molar-refractivity contribution in [3.63, 3.8) is 0 Å². The molecule has 0 amide bonds. The summed E-state index contributed by atoms with van der Waals surface area (Å²) in [5.74, 6) is 1.43. The Bertz CT molecular complexity index is 868. The Kier molecular flexibility index (Phi) is 6.49. The first-order chi connectivity index (χ1) is 12.8. The van der Waals surface area contributed by atoms with Crippen molar-refractivity contribution >= 4 is 34.5 Å². The van der Waals surface area contributed by atoms with Crippen molar-refractivity contribution in [2.45, 2.75) is 6.61 Å². The number of nitrogens with one attached hydrogen (secondary N) is 1. The predicted octanol–water partition coefficient (Wildman–Crippen LogP) is 5.32. The number of benzene rings is 3. The van der Waals surface area contributed by atoms with Crippen LogP contribution in [0.15, 0.2) is 77.9 Å². The molecule has 3 aromatic rings. The molecule has 0 unspecified atom stereocenters. The normalized spacial score (nSPS) is 10.7. The maximum atomic E-state index is 5.98. The number of ether oxygens (including phenoxy) is 2. The minimum Gasteiger partial charge on any atom is -0.493 e. The van der Waals surface area contributed by atoms with E-state index in [0.29, 0.717) is 12.4 Å². The SMILES string of the molecule is COc1cc(/C=N\Nc2ccccc2)cc(I)c1OCc1ccccc1. The molecule has 0 heterocycles. The number of anilines is 1. The lowest BCUT2D eigenvalue weighted by molar-refractivity contribution is 0.282. The summed E-state index contributed by atoms with van der Waals surface area (Å²) in [6.07, 6.45) is 1.76. The summed E-state index contributed by atoms with van der Waals surface area (Å²) in [6, 6.07) is 23.8. The van der Waals surface area contributed by atoms with Gasteiger partial charge in [0.1, 0.15) is 6.61 Å². The van der Waals surface area contributed by atoms with E-state index in [1.165, 1.54) is 0 Å². The highest BCUT2D eigenvalue weighted by Gasteiger charge is 2.11. The number of hydrogen-bond donors (Lipinski definition) is 1. The second-order valence-electron chi connectivity index (χ2n) is 5.54. The first-order valence-electron chi connectivity index (χ1n) is 8.14. The Morgan fingerprint density at radius 3 is 2.38 bits per heavy atom. The highest BCUT2D eigenvalue weighted by Crippen LogP contribution is 2.34. The molecule has 3 aromatic carbocycles. The van der Waals surface area contributed by atoms with Crippen LogP contribution in [-0.4, -0.2) is 13.3 Å². The molecule has 3 rings (SSSR count). The minimum atomic E-state index is 0.496. The van der Waals surface area contributed by atoms with E-state index >= 15 is 0 Å². The van der Waals surface area contributed by atoms with Gasteiger partial charge in [-0.1, -0.05) is 48.5 Å². The molecule has 0 bridgehead atoms. The number of methoxy groups -OCH3 is 1. The molecule has 1 N–H and O–H groups in total. The Hall–Kier alpha value is -2.54. The summed E-state index contributed by atoms with van der Waals surface area (Å²) in [5, 5.41) is 4.28. The van der Waals surface area contributed by atoms with Gasteiger partial charge in [-0.05, 0) is 58.0 Å². The van der Waals surface area contributed by atoms with Crippen LogP contribution < -0.4 is 14.9 Å². The number of nitrogens with zero attached hydrogens (tertiary/aromatic N) is 1. The fourth-order valence-electron chi connectivity index (χ4n) is 2.38. The van der Waals surface area contributed by atoms with Gasteiger partial charge in [-0.15, -0.1) is 0 Å². The predicted molar refractivity (Wildman–Crippen MR) is 114 cm³/mol. The number of halogens is 1. The molecule has 0 spiro atoms. The quantitative estimate of drug-likeness (QED) is 0.296. The molecule has 0 saturated carbocycles. The number of rotatable bonds is 7. The van der Waals surface area contributed by atoms with Crippen LogP contribution in [0.25, 0.3) is 0 Å². The van der Waals surface area contributed by atoms with Crippen LogP contribution >= 0.6 is 22.6 Å². The van der Waals surface area contributed by atoms with Crippen molar-refractivity contribution in [2.24, 2.45) is 5.10 Å². The van der Waals surface area contributed by atoms with Gasteiger partial charge in [0.15, 0.2) is 11.5 Å². The monoisotopic (exact) mass is 458 g/mol. The largest absolute Gasteiger partial charge is 0.493 e. The van der Waals surface area contributed by atoms with E-state index in [-0.39, 0.29) is 0 Å². The topological polar surface area (TPSA) is 42.8 Å². The first-order valence-corrected chi connectivity index (χ1v) is 9.22. The first kappa shape index (κ1) is 18.3. The Labute approximate surface area is 167 Å². The zero-order valence-corrected chi connectivity index (χ0v) is 16.5. The van der Waals surface area contributed by atoms with Crippen LogP contribution in [-0.2, 0) is 6.61 Å². The molecule has 0 aliphatic heterocycles. The summed E-state index contributed by atoms with van der Waals surface area (Å²) < 4.78 is 12.5. The van der Waals surface area contributed by atoms with Gasteiger partial charge in [-0.3, -0.25) is 5.43 Å². The maximum absolute atomic E-state index is 5.98. The van der Waals surface area contributed by atoms with Crippen molar-refractivity contribution in [3.8, 4) is 11.5 Å². The van der Waals surface area contributed by atoms with E-state index in [0.717, 1.165) is 26.1 Å². The number of para-hydroxylation sites is 1. The molecule has 0 radical (unpaired) electrons. The van der Waals surface area contributed by atoms with Crippen LogP contribution in [0.3, 0.4) is 0 Å². The van der Waals surface area contributed by atoms with Gasteiger partial charge in [0, 0.05) is 0 Å². The van der Waals surface area contributed by atoms with Crippen LogP contribution in [0.4, 0.5) is 5.69 Å². The van der Waals surface area contributed by atoms with Crippen molar-refractivity contribution < 1.29 is 9.47 Å². The second-order valence-corrected chi connectivity index (χ2v) is 6.71. The van der Waals surface area contributed by atoms with Crippen LogP contribution in [0, 0.1) is 3.57 Å². The van der Waals surface area contributed by atoms with Gasteiger partial charge in [-0.2, -0.15) is 5.10 Å². The van der Waals surface area contributed by atoms with E-state index in [1.54, 1.807) is 13.3 Å². The summed E-state index contributed by atoms with van der Waals surface area (Å²) in [5.41, 5.74) is 5.99. The third kappa shape index (κ3) is 4.98. The molecule has 132 valence electrons. The standard InChI is InChI=1S/C21H19IN2O2/c1-25-20-13-17(14-23-24-18-10-6-3-7-11-18)12-19(22)21(20)26-15-16-8-4-2-5-9-16/h2-14,24H,15H2,1H3/b23-14-. The second kappa shape index (κ2) is 9.24. The summed E-state index contributed by atoms with van der Waals surface area (Å²) in [6.45, 7) is 0.496. The Balaban J connectivity index is 1.72. The molecule has 0 atom stereocenters. The van der Waals surface area contributed by atoms with Crippen LogP contribution in [0.1, 0.15) is 11.1 Å². The van der Waals surface area contributed by atoms with Gasteiger partial charge in [0.2, 0.25) is 0 Å². The van der Waals surface area contributed by atoms with Crippen molar-refractivity contribution in [1.82, 2.24) is 0 Å². The molecule has 0 aliphatic rings. The maximum Gasteiger partial charge on any atom is 0.174 e. The average Bonchev–Trinajstić information content (AvgIpc) is 2.68. The summed E-state index contributed by atoms with van der Waals surface area (Å²) in [4.78, 5) is 0. The molecule has 5 heteroatoms. The molecule has 0 aromatic heterocycles. The Morgan fingerprint density at radius 1 is 1.00 bits per heavy atom. The minimum absolute atomic E-state index is 0.496. The molecule has 0 saturated heterocycles. The van der Waals surface area contributed by atoms with Gasteiger partial charge in [-0.25, -0.2) is 0 Å². The van der Waals surface area contributed by atoms with Crippen molar-refractivity contribution in [2.75, 3.05) is 12.5 Å². The van der Waals surface area contributed by atoms with E-state index in [9.17, 15) is 0 Å².